The lowest BCUT2D eigenvalue weighted by molar-refractivity contribution is 0.0220. The molecule has 0 spiro atoms. The van der Waals surface area contributed by atoms with Gasteiger partial charge in [-0.25, -0.2) is 19.2 Å². The number of amides is 1. The van der Waals surface area contributed by atoms with Gasteiger partial charge in [-0.05, 0) is 61.3 Å². The van der Waals surface area contributed by atoms with E-state index in [2.05, 4.69) is 25.9 Å². The Bertz CT molecular complexity index is 870. The molecule has 1 amide bonds. The maximum Gasteiger partial charge on any atom is 0.410 e. The zero-order chi connectivity index (χ0) is 19.1. The Kier molecular flexibility index (Phi) is 5.21. The number of hydrogen-bond donors (Lipinski definition) is 0. The molecule has 0 saturated carbocycles. The average Bonchev–Trinajstić information content (AvgIpc) is 2.55. The number of benzene rings is 1. The Morgan fingerprint density at radius 3 is 2.77 bits per heavy atom. The molecule has 2 aromatic rings. The van der Waals surface area contributed by atoms with Crippen molar-refractivity contribution < 1.29 is 13.9 Å². The average molecular weight is 443 g/mol. The van der Waals surface area contributed by atoms with Crippen molar-refractivity contribution in [2.45, 2.75) is 39.3 Å². The monoisotopic (exact) mass is 441 g/mol. The molecule has 1 aliphatic heterocycles. The summed E-state index contributed by atoms with van der Waals surface area (Å²) >= 11 is 9.41. The molecule has 0 saturated heterocycles. The van der Waals surface area contributed by atoms with E-state index in [1.807, 2.05) is 20.8 Å². The van der Waals surface area contributed by atoms with E-state index in [9.17, 15) is 9.18 Å². The Hall–Kier alpha value is -1.73. The van der Waals surface area contributed by atoms with Gasteiger partial charge in [-0.2, -0.15) is 0 Å². The molecule has 0 aliphatic carbocycles. The molecule has 138 valence electrons. The molecule has 1 aliphatic rings. The summed E-state index contributed by atoms with van der Waals surface area (Å²) < 4.78 is 20.2. The van der Waals surface area contributed by atoms with Gasteiger partial charge in [-0.15, -0.1) is 0 Å². The van der Waals surface area contributed by atoms with E-state index in [1.165, 1.54) is 18.2 Å². The smallest absolute Gasteiger partial charge is 0.410 e. The number of rotatable bonds is 1. The molecule has 0 fully saturated rings. The van der Waals surface area contributed by atoms with Crippen LogP contribution >= 0.6 is 27.5 Å². The summed E-state index contributed by atoms with van der Waals surface area (Å²) in [5, 5.41) is 0.397. The second kappa shape index (κ2) is 7.12. The Labute approximate surface area is 164 Å². The van der Waals surface area contributed by atoms with Gasteiger partial charge >= 0.3 is 6.09 Å². The molecule has 1 aromatic heterocycles. The SMILES string of the molecule is CC(C)(C)OC(=O)N1CCc2c(Br)nc(-c3cc(Cl)ccc3F)nc2C1. The van der Waals surface area contributed by atoms with Crippen molar-refractivity contribution in [1.82, 2.24) is 14.9 Å². The third-order valence-corrected chi connectivity index (χ3v) is 4.73. The summed E-state index contributed by atoms with van der Waals surface area (Å²) in [4.78, 5) is 22.8. The van der Waals surface area contributed by atoms with E-state index in [4.69, 9.17) is 16.3 Å². The van der Waals surface area contributed by atoms with Crippen LogP contribution in [0.1, 0.15) is 32.0 Å². The van der Waals surface area contributed by atoms with Crippen molar-refractivity contribution >= 4 is 33.6 Å². The summed E-state index contributed by atoms with van der Waals surface area (Å²) in [5.41, 5.74) is 1.23. The highest BCUT2D eigenvalue weighted by Gasteiger charge is 2.28. The summed E-state index contributed by atoms with van der Waals surface area (Å²) in [6, 6.07) is 4.24. The standard InChI is InChI=1S/C18H18BrClFN3O2/c1-18(2,3)26-17(25)24-7-6-11-14(9-24)22-16(23-15(11)19)12-8-10(20)4-5-13(12)21/h4-5,8H,6-7,9H2,1-3H3. The Balaban J connectivity index is 1.94. The molecule has 3 rings (SSSR count). The molecule has 8 heteroatoms. The molecule has 0 N–H and O–H groups in total. The van der Waals surface area contributed by atoms with Crippen LogP contribution < -0.4 is 0 Å². The van der Waals surface area contributed by atoms with Crippen LogP contribution in [0.5, 0.6) is 0 Å². The number of hydrogen-bond acceptors (Lipinski definition) is 4. The number of carbonyl (C=O) groups is 1. The molecule has 0 bridgehead atoms. The van der Waals surface area contributed by atoms with Crippen molar-refractivity contribution in [3.8, 4) is 11.4 Å². The third kappa shape index (κ3) is 4.15. The largest absolute Gasteiger partial charge is 0.444 e. The van der Waals surface area contributed by atoms with Crippen LogP contribution in [-0.4, -0.2) is 33.1 Å². The normalized spacial score (nSPS) is 14.2. The predicted molar refractivity (Wildman–Crippen MR) is 100 cm³/mol. The second-order valence-electron chi connectivity index (χ2n) is 7.04. The van der Waals surface area contributed by atoms with Crippen molar-refractivity contribution in [3.63, 3.8) is 0 Å². The zero-order valence-electron chi connectivity index (χ0n) is 14.6. The second-order valence-corrected chi connectivity index (χ2v) is 8.23. The van der Waals surface area contributed by atoms with Gasteiger partial charge < -0.3 is 9.64 Å². The van der Waals surface area contributed by atoms with Gasteiger partial charge in [0.15, 0.2) is 5.82 Å². The van der Waals surface area contributed by atoms with Crippen LogP contribution in [0.4, 0.5) is 9.18 Å². The summed E-state index contributed by atoms with van der Waals surface area (Å²) in [5.74, 6) is -0.234. The summed E-state index contributed by atoms with van der Waals surface area (Å²) in [7, 11) is 0. The Morgan fingerprint density at radius 1 is 1.35 bits per heavy atom. The molecule has 0 unspecified atom stereocenters. The predicted octanol–water partition coefficient (Wildman–Crippen LogP) is 4.99. The fourth-order valence-corrected chi connectivity index (χ4v) is 3.42. The molecule has 1 aromatic carbocycles. The molecule has 2 heterocycles. The van der Waals surface area contributed by atoms with Crippen molar-refractivity contribution in [1.29, 1.82) is 0 Å². The minimum Gasteiger partial charge on any atom is -0.444 e. The van der Waals surface area contributed by atoms with Crippen LogP contribution in [0.3, 0.4) is 0 Å². The first-order chi connectivity index (χ1) is 12.1. The molecule has 5 nitrogen and oxygen atoms in total. The van der Waals surface area contributed by atoms with E-state index in [0.717, 1.165) is 5.56 Å². The first kappa shape index (κ1) is 19.0. The van der Waals surface area contributed by atoms with Crippen molar-refractivity contribution in [3.05, 3.63) is 44.9 Å². The van der Waals surface area contributed by atoms with Crippen LogP contribution in [0.15, 0.2) is 22.8 Å². The van der Waals surface area contributed by atoms with E-state index in [1.54, 1.807) is 4.90 Å². The van der Waals surface area contributed by atoms with Gasteiger partial charge in [0.1, 0.15) is 16.0 Å². The molecule has 0 atom stereocenters. The number of fused-ring (bicyclic) bond motifs is 1. The minimum absolute atomic E-state index is 0.218. The lowest BCUT2D eigenvalue weighted by atomic mass is 10.1. The maximum absolute atomic E-state index is 14.2. The number of aromatic nitrogens is 2. The van der Waals surface area contributed by atoms with Gasteiger partial charge in [-0.1, -0.05) is 11.6 Å². The van der Waals surface area contributed by atoms with Gasteiger partial charge in [-0.3, -0.25) is 0 Å². The maximum atomic E-state index is 14.2. The van der Waals surface area contributed by atoms with Gasteiger partial charge in [0.2, 0.25) is 0 Å². The van der Waals surface area contributed by atoms with E-state index in [0.29, 0.717) is 28.3 Å². The van der Waals surface area contributed by atoms with Crippen LogP contribution in [-0.2, 0) is 17.7 Å². The van der Waals surface area contributed by atoms with Crippen LogP contribution in [0.2, 0.25) is 5.02 Å². The quantitative estimate of drug-likeness (QED) is 0.584. The highest BCUT2D eigenvalue weighted by molar-refractivity contribution is 9.10. The van der Waals surface area contributed by atoms with Gasteiger partial charge in [0.25, 0.3) is 0 Å². The van der Waals surface area contributed by atoms with E-state index < -0.39 is 17.5 Å². The summed E-state index contributed by atoms with van der Waals surface area (Å²) in [6.45, 7) is 6.25. The van der Waals surface area contributed by atoms with Gasteiger partial charge in [0, 0.05) is 17.1 Å². The lowest BCUT2D eigenvalue weighted by Crippen LogP contribution is -2.40. The lowest BCUT2D eigenvalue weighted by Gasteiger charge is -2.31. The van der Waals surface area contributed by atoms with E-state index in [-0.39, 0.29) is 17.9 Å². The fourth-order valence-electron chi connectivity index (χ4n) is 2.66. The highest BCUT2D eigenvalue weighted by atomic mass is 79.9. The van der Waals surface area contributed by atoms with E-state index >= 15 is 0 Å². The number of carbonyl (C=O) groups excluding carboxylic acids is 1. The Morgan fingerprint density at radius 2 is 2.08 bits per heavy atom. The third-order valence-electron chi connectivity index (χ3n) is 3.84. The zero-order valence-corrected chi connectivity index (χ0v) is 17.0. The van der Waals surface area contributed by atoms with Crippen molar-refractivity contribution in [2.24, 2.45) is 0 Å². The first-order valence-corrected chi connectivity index (χ1v) is 9.30. The molecule has 0 radical (unpaired) electrons. The number of nitrogens with zero attached hydrogens (tertiary/aromatic N) is 3. The first-order valence-electron chi connectivity index (χ1n) is 8.12. The fraction of sp³-hybridized carbons (Fsp3) is 0.389. The van der Waals surface area contributed by atoms with Crippen LogP contribution in [0, 0.1) is 5.82 Å². The molecular formula is C18H18BrClFN3O2. The van der Waals surface area contributed by atoms with Crippen LogP contribution in [0.25, 0.3) is 11.4 Å². The number of ether oxygens (including phenoxy) is 1. The topological polar surface area (TPSA) is 55.3 Å². The molecule has 26 heavy (non-hydrogen) atoms. The minimum atomic E-state index is -0.571. The summed E-state index contributed by atoms with van der Waals surface area (Å²) in [6.07, 6.45) is 0.196. The highest BCUT2D eigenvalue weighted by Crippen LogP contribution is 2.30. The molecular weight excluding hydrogens is 425 g/mol. The van der Waals surface area contributed by atoms with Gasteiger partial charge in [0.05, 0.1) is 17.8 Å². The van der Waals surface area contributed by atoms with Crippen molar-refractivity contribution in [2.75, 3.05) is 6.54 Å². The number of halogens is 3.